The first-order valence-electron chi connectivity index (χ1n) is 6.23. The van der Waals surface area contributed by atoms with Crippen molar-refractivity contribution >= 4 is 17.5 Å². The number of ether oxygens (including phenoxy) is 1. The number of halogens is 1. The number of carbonyl (C=O) groups is 1. The first kappa shape index (κ1) is 13.8. The Morgan fingerprint density at radius 2 is 2.38 bits per heavy atom. The molecule has 0 radical (unpaired) electrons. The fourth-order valence-corrected chi connectivity index (χ4v) is 2.14. The van der Waals surface area contributed by atoms with Crippen LogP contribution in [0.25, 0.3) is 0 Å². The molecule has 1 amide bonds. The van der Waals surface area contributed by atoms with Gasteiger partial charge in [-0.05, 0) is 32.6 Å². The molecule has 0 aromatic heterocycles. The van der Waals surface area contributed by atoms with Crippen LogP contribution in [0, 0.1) is 0 Å². The Morgan fingerprint density at radius 1 is 1.56 bits per heavy atom. The summed E-state index contributed by atoms with van der Waals surface area (Å²) in [6.45, 7) is 4.44. The molecule has 1 fully saturated rings. The number of carbonyl (C=O) groups excluding carboxylic acids is 1. The van der Waals surface area contributed by atoms with E-state index in [0.29, 0.717) is 18.4 Å². The van der Waals surface area contributed by atoms with Gasteiger partial charge < -0.3 is 9.64 Å². The summed E-state index contributed by atoms with van der Waals surface area (Å²) >= 11 is 5.63. The van der Waals surface area contributed by atoms with Gasteiger partial charge in [0, 0.05) is 32.0 Å². The molecule has 0 bridgehead atoms. The Labute approximate surface area is 103 Å². The largest absolute Gasteiger partial charge is 0.378 e. The lowest BCUT2D eigenvalue weighted by atomic mass is 10.1. The number of hydrogen-bond acceptors (Lipinski definition) is 2. The zero-order valence-electron chi connectivity index (χ0n) is 10.1. The topological polar surface area (TPSA) is 29.5 Å². The Bertz CT molecular complexity index is 205. The van der Waals surface area contributed by atoms with E-state index < -0.39 is 0 Å². The van der Waals surface area contributed by atoms with E-state index in [4.69, 9.17) is 16.3 Å². The third-order valence-electron chi connectivity index (χ3n) is 3.00. The number of nitrogens with zero attached hydrogens (tertiary/aromatic N) is 1. The molecule has 0 saturated carbocycles. The van der Waals surface area contributed by atoms with Gasteiger partial charge in [0.2, 0.25) is 5.91 Å². The van der Waals surface area contributed by atoms with Gasteiger partial charge in [0.25, 0.3) is 0 Å². The molecule has 1 rings (SSSR count). The van der Waals surface area contributed by atoms with Crippen LogP contribution in [-0.2, 0) is 9.53 Å². The molecule has 0 aromatic carbocycles. The fraction of sp³-hybridized carbons (Fsp3) is 0.917. The molecule has 3 nitrogen and oxygen atoms in total. The lowest BCUT2D eigenvalue weighted by Gasteiger charge is -2.21. The van der Waals surface area contributed by atoms with Crippen molar-refractivity contribution in [3.63, 3.8) is 0 Å². The predicted octanol–water partition coefficient (Wildman–Crippen LogP) is 2.42. The number of amides is 1. The van der Waals surface area contributed by atoms with Gasteiger partial charge in [0.15, 0.2) is 0 Å². The molecule has 1 aliphatic heterocycles. The van der Waals surface area contributed by atoms with Crippen LogP contribution in [0.15, 0.2) is 0 Å². The van der Waals surface area contributed by atoms with E-state index in [1.54, 1.807) is 0 Å². The van der Waals surface area contributed by atoms with Crippen LogP contribution in [-0.4, -0.2) is 42.5 Å². The van der Waals surface area contributed by atoms with E-state index in [0.717, 1.165) is 45.4 Å². The minimum atomic E-state index is 0.239. The van der Waals surface area contributed by atoms with Gasteiger partial charge in [-0.3, -0.25) is 4.79 Å². The van der Waals surface area contributed by atoms with Crippen LogP contribution in [0.4, 0.5) is 0 Å². The average Bonchev–Trinajstić information content (AvgIpc) is 2.80. The number of hydrogen-bond donors (Lipinski definition) is 0. The summed E-state index contributed by atoms with van der Waals surface area (Å²) in [5.74, 6) is 0.860. The highest BCUT2D eigenvalue weighted by Gasteiger charge is 2.18. The quantitative estimate of drug-likeness (QED) is 0.647. The molecular formula is C12H22ClNO2. The third-order valence-corrected chi connectivity index (χ3v) is 3.27. The molecule has 0 spiro atoms. The zero-order chi connectivity index (χ0) is 11.8. The van der Waals surface area contributed by atoms with Gasteiger partial charge >= 0.3 is 0 Å². The summed E-state index contributed by atoms with van der Waals surface area (Å²) in [5.41, 5.74) is 0. The highest BCUT2D eigenvalue weighted by molar-refractivity contribution is 6.17. The molecule has 1 saturated heterocycles. The maximum Gasteiger partial charge on any atom is 0.222 e. The maximum atomic E-state index is 11.9. The van der Waals surface area contributed by atoms with Crippen LogP contribution < -0.4 is 0 Å². The van der Waals surface area contributed by atoms with Gasteiger partial charge in [0.05, 0.1) is 6.10 Å². The minimum Gasteiger partial charge on any atom is -0.378 e. The summed E-state index contributed by atoms with van der Waals surface area (Å²) in [7, 11) is 0. The number of alkyl halides is 1. The van der Waals surface area contributed by atoms with Crippen molar-refractivity contribution in [3.05, 3.63) is 0 Å². The summed E-state index contributed by atoms with van der Waals surface area (Å²) in [5, 5.41) is 0. The Kier molecular flexibility index (Phi) is 6.81. The monoisotopic (exact) mass is 247 g/mol. The van der Waals surface area contributed by atoms with Gasteiger partial charge in [0.1, 0.15) is 0 Å². The lowest BCUT2D eigenvalue weighted by Crippen LogP contribution is -2.32. The fourth-order valence-electron chi connectivity index (χ4n) is 2.02. The first-order valence-corrected chi connectivity index (χ1v) is 6.76. The van der Waals surface area contributed by atoms with Crippen LogP contribution in [0.3, 0.4) is 0 Å². The van der Waals surface area contributed by atoms with E-state index >= 15 is 0 Å². The summed E-state index contributed by atoms with van der Waals surface area (Å²) in [4.78, 5) is 13.8. The van der Waals surface area contributed by atoms with E-state index in [9.17, 15) is 4.79 Å². The second-order valence-electron chi connectivity index (χ2n) is 4.19. The summed E-state index contributed by atoms with van der Waals surface area (Å²) in [6, 6.07) is 0. The summed E-state index contributed by atoms with van der Waals surface area (Å²) in [6.07, 6.45) is 4.93. The lowest BCUT2D eigenvalue weighted by molar-refractivity contribution is -0.131. The van der Waals surface area contributed by atoms with Crippen LogP contribution in [0.1, 0.15) is 39.0 Å². The Balaban J connectivity index is 2.19. The van der Waals surface area contributed by atoms with Crippen LogP contribution in [0.5, 0.6) is 0 Å². The van der Waals surface area contributed by atoms with Gasteiger partial charge in [-0.15, -0.1) is 11.6 Å². The second-order valence-corrected chi connectivity index (χ2v) is 4.57. The average molecular weight is 248 g/mol. The third kappa shape index (κ3) is 4.71. The van der Waals surface area contributed by atoms with E-state index in [-0.39, 0.29) is 5.91 Å². The van der Waals surface area contributed by atoms with Gasteiger partial charge in [-0.25, -0.2) is 0 Å². The van der Waals surface area contributed by atoms with Crippen molar-refractivity contribution in [2.24, 2.45) is 0 Å². The van der Waals surface area contributed by atoms with Crippen molar-refractivity contribution in [1.82, 2.24) is 4.90 Å². The van der Waals surface area contributed by atoms with Crippen LogP contribution >= 0.6 is 11.6 Å². The molecule has 16 heavy (non-hydrogen) atoms. The standard InChI is InChI=1S/C12H22ClNO2/c1-2-14(9-4-8-13)12(15)7-6-11-5-3-10-16-11/h11H,2-10H2,1H3. The van der Waals surface area contributed by atoms with Gasteiger partial charge in [-0.1, -0.05) is 0 Å². The smallest absolute Gasteiger partial charge is 0.222 e. The number of rotatable bonds is 7. The molecule has 4 heteroatoms. The van der Waals surface area contributed by atoms with E-state index in [1.807, 2.05) is 11.8 Å². The molecule has 1 heterocycles. The second kappa shape index (κ2) is 7.91. The molecule has 1 unspecified atom stereocenters. The SMILES string of the molecule is CCN(CCCCl)C(=O)CCC1CCCO1. The minimum absolute atomic E-state index is 0.239. The van der Waals surface area contributed by atoms with Crippen LogP contribution in [0.2, 0.25) is 0 Å². The molecule has 0 aliphatic carbocycles. The Hall–Kier alpha value is -0.280. The molecule has 1 aliphatic rings. The summed E-state index contributed by atoms with van der Waals surface area (Å²) < 4.78 is 5.51. The molecule has 94 valence electrons. The molecule has 1 atom stereocenters. The van der Waals surface area contributed by atoms with Crippen molar-refractivity contribution in [1.29, 1.82) is 0 Å². The zero-order valence-corrected chi connectivity index (χ0v) is 10.8. The normalized spacial score (nSPS) is 20.0. The predicted molar refractivity (Wildman–Crippen MR) is 65.8 cm³/mol. The Morgan fingerprint density at radius 3 is 2.94 bits per heavy atom. The van der Waals surface area contributed by atoms with Crippen molar-refractivity contribution < 1.29 is 9.53 Å². The van der Waals surface area contributed by atoms with Gasteiger partial charge in [-0.2, -0.15) is 0 Å². The van der Waals surface area contributed by atoms with E-state index in [1.165, 1.54) is 0 Å². The molecule has 0 aromatic rings. The van der Waals surface area contributed by atoms with Crippen molar-refractivity contribution in [2.75, 3.05) is 25.6 Å². The molecule has 0 N–H and O–H groups in total. The van der Waals surface area contributed by atoms with Crippen molar-refractivity contribution in [2.45, 2.75) is 45.1 Å². The highest BCUT2D eigenvalue weighted by Crippen LogP contribution is 2.17. The highest BCUT2D eigenvalue weighted by atomic mass is 35.5. The first-order chi connectivity index (χ1) is 7.77. The molecular weight excluding hydrogens is 226 g/mol. The van der Waals surface area contributed by atoms with Crippen molar-refractivity contribution in [3.8, 4) is 0 Å². The maximum absolute atomic E-state index is 11.9. The van der Waals surface area contributed by atoms with E-state index in [2.05, 4.69) is 0 Å².